The summed E-state index contributed by atoms with van der Waals surface area (Å²) in [7, 11) is 0. The lowest BCUT2D eigenvalue weighted by molar-refractivity contribution is 0.277. The van der Waals surface area contributed by atoms with E-state index in [2.05, 4.69) is 13.0 Å². The molecule has 0 saturated heterocycles. The summed E-state index contributed by atoms with van der Waals surface area (Å²) >= 11 is 0. The maximum Gasteiger partial charge on any atom is -0.0288 e. The minimum Gasteiger partial charge on any atom is -0.0848 e. The molecule has 1 fully saturated rings. The Morgan fingerprint density at radius 1 is 1.30 bits per heavy atom. The van der Waals surface area contributed by atoms with Crippen LogP contribution >= 0.6 is 0 Å². The van der Waals surface area contributed by atoms with Crippen molar-refractivity contribution in [3.63, 3.8) is 0 Å². The van der Waals surface area contributed by atoms with E-state index in [0.717, 1.165) is 0 Å². The van der Waals surface area contributed by atoms with Gasteiger partial charge in [-0.05, 0) is 43.9 Å². The third-order valence-corrected chi connectivity index (χ3v) is 3.21. The molecular weight excluding hydrogens is 120 g/mol. The first-order valence-corrected chi connectivity index (χ1v) is 4.46. The smallest absolute Gasteiger partial charge is 0.0288 e. The van der Waals surface area contributed by atoms with Gasteiger partial charge in [0.1, 0.15) is 0 Å². The van der Waals surface area contributed by atoms with Crippen LogP contribution in [0.5, 0.6) is 0 Å². The van der Waals surface area contributed by atoms with Gasteiger partial charge in [0.05, 0.1) is 0 Å². The Morgan fingerprint density at radius 2 is 2.20 bits per heavy atom. The van der Waals surface area contributed by atoms with Crippen LogP contribution in [0, 0.1) is 5.41 Å². The summed E-state index contributed by atoms with van der Waals surface area (Å²) in [5.74, 6) is 0. The lowest BCUT2D eigenvalue weighted by Crippen LogP contribution is -2.15. The van der Waals surface area contributed by atoms with E-state index in [0.29, 0.717) is 5.41 Å². The number of allylic oxidation sites excluding steroid dienone is 2. The van der Waals surface area contributed by atoms with E-state index < -0.39 is 0 Å². The molecule has 1 saturated carbocycles. The zero-order valence-corrected chi connectivity index (χ0v) is 6.82. The van der Waals surface area contributed by atoms with Crippen LogP contribution in [0.25, 0.3) is 0 Å². The van der Waals surface area contributed by atoms with Crippen LogP contribution in [0.1, 0.15) is 45.4 Å². The summed E-state index contributed by atoms with van der Waals surface area (Å²) in [5, 5.41) is 0. The Bertz CT molecular complexity index is 167. The molecule has 0 aromatic carbocycles. The largest absolute Gasteiger partial charge is 0.0848 e. The first kappa shape index (κ1) is 6.45. The van der Waals surface area contributed by atoms with Gasteiger partial charge in [-0.25, -0.2) is 0 Å². The summed E-state index contributed by atoms with van der Waals surface area (Å²) < 4.78 is 0. The van der Waals surface area contributed by atoms with E-state index in [1.165, 1.54) is 38.5 Å². The van der Waals surface area contributed by atoms with Crippen LogP contribution < -0.4 is 0 Å². The van der Waals surface area contributed by atoms with Crippen LogP contribution in [0.2, 0.25) is 0 Å². The fourth-order valence-electron chi connectivity index (χ4n) is 2.25. The highest BCUT2D eigenvalue weighted by molar-refractivity contribution is 5.11. The number of hydrogen-bond acceptors (Lipinski definition) is 0. The molecule has 1 unspecified atom stereocenters. The Kier molecular flexibility index (Phi) is 1.36. The summed E-state index contributed by atoms with van der Waals surface area (Å²) in [6, 6.07) is 0. The minimum absolute atomic E-state index is 0.694. The average molecular weight is 136 g/mol. The third-order valence-electron chi connectivity index (χ3n) is 3.21. The van der Waals surface area contributed by atoms with E-state index in [4.69, 9.17) is 0 Å². The molecule has 0 radical (unpaired) electrons. The van der Waals surface area contributed by atoms with Gasteiger partial charge in [0.25, 0.3) is 0 Å². The van der Waals surface area contributed by atoms with Crippen LogP contribution in [0.3, 0.4) is 0 Å². The summed E-state index contributed by atoms with van der Waals surface area (Å²) in [5.41, 5.74) is 2.44. The quantitative estimate of drug-likeness (QED) is 0.448. The van der Waals surface area contributed by atoms with Gasteiger partial charge in [0.15, 0.2) is 0 Å². The number of hydrogen-bond donors (Lipinski definition) is 0. The highest BCUT2D eigenvalue weighted by Crippen LogP contribution is 2.43. The standard InChI is InChI=1S/C10H16/c1-10-6-2-3-9(4-7-10)5-8-10/h4H,2-3,5-8H2,1H3. The van der Waals surface area contributed by atoms with Crippen molar-refractivity contribution < 1.29 is 0 Å². The Hall–Kier alpha value is -0.260. The molecule has 2 bridgehead atoms. The molecule has 3 aliphatic rings. The first-order chi connectivity index (χ1) is 4.79. The van der Waals surface area contributed by atoms with E-state index in [1.54, 1.807) is 5.57 Å². The molecule has 0 nitrogen and oxygen atoms in total. The van der Waals surface area contributed by atoms with Crippen LogP contribution in [-0.2, 0) is 0 Å². The van der Waals surface area contributed by atoms with Crippen molar-refractivity contribution in [3.8, 4) is 0 Å². The van der Waals surface area contributed by atoms with Crippen molar-refractivity contribution in [1.82, 2.24) is 0 Å². The van der Waals surface area contributed by atoms with Crippen LogP contribution in [0.15, 0.2) is 11.6 Å². The monoisotopic (exact) mass is 136 g/mol. The van der Waals surface area contributed by atoms with E-state index in [1.807, 2.05) is 0 Å². The SMILES string of the molecule is CC12CC=C(CCC1)CC2. The van der Waals surface area contributed by atoms with Gasteiger partial charge in [0, 0.05) is 0 Å². The molecule has 0 N–H and O–H groups in total. The maximum atomic E-state index is 2.50. The highest BCUT2D eigenvalue weighted by atomic mass is 14.3. The number of fused-ring (bicyclic) bond motifs is 4. The average Bonchev–Trinajstić information content (AvgIpc) is 2.19. The molecule has 1 atom stereocenters. The van der Waals surface area contributed by atoms with Crippen molar-refractivity contribution in [1.29, 1.82) is 0 Å². The molecule has 0 aliphatic heterocycles. The normalized spacial score (nSPS) is 39.1. The van der Waals surface area contributed by atoms with Gasteiger partial charge >= 0.3 is 0 Å². The molecule has 3 aliphatic carbocycles. The summed E-state index contributed by atoms with van der Waals surface area (Å²) in [4.78, 5) is 0. The van der Waals surface area contributed by atoms with Crippen molar-refractivity contribution in [2.75, 3.05) is 0 Å². The van der Waals surface area contributed by atoms with Gasteiger partial charge in [-0.1, -0.05) is 18.6 Å². The van der Waals surface area contributed by atoms with Gasteiger partial charge in [-0.3, -0.25) is 0 Å². The van der Waals surface area contributed by atoms with Crippen molar-refractivity contribution >= 4 is 0 Å². The highest BCUT2D eigenvalue weighted by Gasteiger charge is 2.28. The molecule has 56 valence electrons. The molecule has 0 heteroatoms. The molecule has 10 heavy (non-hydrogen) atoms. The third kappa shape index (κ3) is 1.00. The van der Waals surface area contributed by atoms with Gasteiger partial charge in [0.2, 0.25) is 0 Å². The fraction of sp³-hybridized carbons (Fsp3) is 0.800. The maximum absolute atomic E-state index is 2.50. The summed E-state index contributed by atoms with van der Waals surface area (Å²) in [6.45, 7) is 2.45. The number of rotatable bonds is 0. The lowest BCUT2D eigenvalue weighted by Gasteiger charge is -2.28. The topological polar surface area (TPSA) is 0 Å². The van der Waals surface area contributed by atoms with E-state index in [9.17, 15) is 0 Å². The molecular formula is C10H16. The predicted molar refractivity (Wildman–Crippen MR) is 43.9 cm³/mol. The Labute approximate surface area is 63.3 Å². The predicted octanol–water partition coefficient (Wildman–Crippen LogP) is 3.29. The molecule has 3 rings (SSSR count). The van der Waals surface area contributed by atoms with Gasteiger partial charge in [-0.2, -0.15) is 0 Å². The van der Waals surface area contributed by atoms with Crippen molar-refractivity contribution in [3.05, 3.63) is 11.6 Å². The Morgan fingerprint density at radius 3 is 2.90 bits per heavy atom. The zero-order valence-electron chi connectivity index (χ0n) is 6.82. The van der Waals surface area contributed by atoms with Crippen molar-refractivity contribution in [2.45, 2.75) is 45.4 Å². The molecule has 0 aromatic rings. The fourth-order valence-corrected chi connectivity index (χ4v) is 2.25. The first-order valence-electron chi connectivity index (χ1n) is 4.46. The summed E-state index contributed by atoms with van der Waals surface area (Å²) in [6.07, 6.45) is 11.0. The minimum atomic E-state index is 0.694. The van der Waals surface area contributed by atoms with Crippen LogP contribution in [0.4, 0.5) is 0 Å². The van der Waals surface area contributed by atoms with E-state index >= 15 is 0 Å². The second kappa shape index (κ2) is 2.11. The second-order valence-corrected chi connectivity index (χ2v) is 4.23. The van der Waals surface area contributed by atoms with E-state index in [-0.39, 0.29) is 0 Å². The van der Waals surface area contributed by atoms with Gasteiger partial charge < -0.3 is 0 Å². The second-order valence-electron chi connectivity index (χ2n) is 4.23. The Balaban J connectivity index is 2.23. The molecule has 0 amide bonds. The van der Waals surface area contributed by atoms with Crippen LogP contribution in [-0.4, -0.2) is 0 Å². The molecule has 0 heterocycles. The van der Waals surface area contributed by atoms with Gasteiger partial charge in [-0.15, -0.1) is 0 Å². The van der Waals surface area contributed by atoms with Crippen molar-refractivity contribution in [2.24, 2.45) is 5.41 Å². The molecule has 0 spiro atoms. The lowest BCUT2D eigenvalue weighted by atomic mass is 9.77. The zero-order chi connectivity index (χ0) is 7.03. The molecule has 0 aromatic heterocycles.